The Kier molecular flexibility index (Phi) is 7.09. The molecule has 0 heterocycles. The van der Waals surface area contributed by atoms with Gasteiger partial charge in [-0.15, -0.1) is 0 Å². The minimum Gasteiger partial charge on any atom is -0.464 e. The molecule has 1 unspecified atom stereocenters. The van der Waals surface area contributed by atoms with Gasteiger partial charge in [-0.3, -0.25) is 4.79 Å². The van der Waals surface area contributed by atoms with Crippen molar-refractivity contribution in [3.63, 3.8) is 0 Å². The number of carbonyl (C=O) groups is 1. The smallest absolute Gasteiger partial charge is 0.308 e. The maximum absolute atomic E-state index is 12.7. The fourth-order valence-electron chi connectivity index (χ4n) is 4.21. The van der Waals surface area contributed by atoms with Crippen molar-refractivity contribution in [1.82, 2.24) is 0 Å². The van der Waals surface area contributed by atoms with Crippen LogP contribution in [0.2, 0.25) is 0 Å². The summed E-state index contributed by atoms with van der Waals surface area (Å²) in [6, 6.07) is 17.0. The molecule has 0 spiro atoms. The van der Waals surface area contributed by atoms with Crippen LogP contribution in [0.5, 0.6) is 0 Å². The third-order valence-electron chi connectivity index (χ3n) is 5.84. The van der Waals surface area contributed by atoms with E-state index in [0.717, 1.165) is 19.3 Å². The lowest BCUT2D eigenvalue weighted by atomic mass is 9.97. The average Bonchev–Trinajstić information content (AvgIpc) is 3.03. The molecule has 27 heavy (non-hydrogen) atoms. The van der Waals surface area contributed by atoms with Gasteiger partial charge >= 0.3 is 5.97 Å². The lowest BCUT2D eigenvalue weighted by molar-refractivity contribution is -0.149. The van der Waals surface area contributed by atoms with E-state index in [4.69, 9.17) is 4.74 Å². The molecule has 3 rings (SSSR count). The second-order valence-corrected chi connectivity index (χ2v) is 7.67. The molecule has 1 aliphatic rings. The fraction of sp³-hybridized carbons (Fsp3) is 0.480. The Morgan fingerprint density at radius 3 is 2.07 bits per heavy atom. The SMILES string of the molecule is CCCCCCCC(CC)C(=O)OCC1c2ccccc2-c2ccccc21. The second-order valence-electron chi connectivity index (χ2n) is 7.67. The van der Waals surface area contributed by atoms with Gasteiger partial charge < -0.3 is 4.74 Å². The summed E-state index contributed by atoms with van der Waals surface area (Å²) < 4.78 is 5.83. The van der Waals surface area contributed by atoms with Crippen molar-refractivity contribution < 1.29 is 9.53 Å². The molecule has 0 amide bonds. The summed E-state index contributed by atoms with van der Waals surface area (Å²) in [5, 5.41) is 0. The molecule has 2 nitrogen and oxygen atoms in total. The van der Waals surface area contributed by atoms with Crippen LogP contribution < -0.4 is 0 Å². The Morgan fingerprint density at radius 1 is 0.889 bits per heavy atom. The van der Waals surface area contributed by atoms with Crippen LogP contribution in [-0.4, -0.2) is 12.6 Å². The molecule has 2 aromatic carbocycles. The zero-order chi connectivity index (χ0) is 19.1. The van der Waals surface area contributed by atoms with Gasteiger partial charge in [-0.1, -0.05) is 94.5 Å². The van der Waals surface area contributed by atoms with Crippen LogP contribution in [0.3, 0.4) is 0 Å². The molecule has 0 aliphatic heterocycles. The summed E-state index contributed by atoms with van der Waals surface area (Å²) in [5.41, 5.74) is 5.10. The lowest BCUT2D eigenvalue weighted by Crippen LogP contribution is -2.20. The van der Waals surface area contributed by atoms with Gasteiger partial charge in [-0.05, 0) is 35.1 Å². The highest BCUT2D eigenvalue weighted by Crippen LogP contribution is 2.44. The molecule has 2 heteroatoms. The molecule has 1 atom stereocenters. The van der Waals surface area contributed by atoms with Crippen molar-refractivity contribution in [2.24, 2.45) is 5.92 Å². The van der Waals surface area contributed by atoms with Crippen molar-refractivity contribution in [2.75, 3.05) is 6.61 Å². The molecule has 144 valence electrons. The van der Waals surface area contributed by atoms with Crippen LogP contribution in [0.4, 0.5) is 0 Å². The van der Waals surface area contributed by atoms with Gasteiger partial charge in [0.05, 0.1) is 5.92 Å². The third kappa shape index (κ3) is 4.61. The number of fused-ring (bicyclic) bond motifs is 3. The van der Waals surface area contributed by atoms with E-state index in [1.807, 2.05) is 0 Å². The predicted molar refractivity (Wildman–Crippen MR) is 112 cm³/mol. The topological polar surface area (TPSA) is 26.3 Å². The van der Waals surface area contributed by atoms with Gasteiger partial charge in [0.1, 0.15) is 6.61 Å². The molecule has 1 aliphatic carbocycles. The van der Waals surface area contributed by atoms with Crippen molar-refractivity contribution in [1.29, 1.82) is 0 Å². The molecular formula is C25H32O2. The Labute approximate surface area is 164 Å². The largest absolute Gasteiger partial charge is 0.464 e. The van der Waals surface area contributed by atoms with Crippen LogP contribution in [0.1, 0.15) is 75.8 Å². The average molecular weight is 365 g/mol. The molecule has 0 radical (unpaired) electrons. The second kappa shape index (κ2) is 9.73. The molecule has 2 aromatic rings. The molecular weight excluding hydrogens is 332 g/mol. The first-order valence-corrected chi connectivity index (χ1v) is 10.6. The monoisotopic (exact) mass is 364 g/mol. The van der Waals surface area contributed by atoms with Gasteiger partial charge in [0.15, 0.2) is 0 Å². The number of hydrogen-bond acceptors (Lipinski definition) is 2. The van der Waals surface area contributed by atoms with Crippen LogP contribution in [0, 0.1) is 5.92 Å². The summed E-state index contributed by atoms with van der Waals surface area (Å²) in [6.07, 6.45) is 7.99. The molecule has 0 bridgehead atoms. The van der Waals surface area contributed by atoms with Crippen molar-refractivity contribution in [2.45, 2.75) is 64.7 Å². The zero-order valence-corrected chi connectivity index (χ0v) is 16.7. The molecule has 0 saturated carbocycles. The highest BCUT2D eigenvalue weighted by atomic mass is 16.5. The first kappa shape index (κ1) is 19.7. The maximum atomic E-state index is 12.7. The molecule has 0 fully saturated rings. The molecule has 0 N–H and O–H groups in total. The van der Waals surface area contributed by atoms with E-state index in [-0.39, 0.29) is 17.8 Å². The Hall–Kier alpha value is -2.09. The van der Waals surface area contributed by atoms with Crippen LogP contribution in [-0.2, 0) is 9.53 Å². The zero-order valence-electron chi connectivity index (χ0n) is 16.7. The minimum absolute atomic E-state index is 0.0187. The first-order chi connectivity index (χ1) is 13.3. The number of carbonyl (C=O) groups excluding carboxylic acids is 1. The van der Waals surface area contributed by atoms with E-state index in [9.17, 15) is 4.79 Å². The third-order valence-corrected chi connectivity index (χ3v) is 5.84. The summed E-state index contributed by atoms with van der Waals surface area (Å²) >= 11 is 0. The maximum Gasteiger partial charge on any atom is 0.308 e. The van der Waals surface area contributed by atoms with Gasteiger partial charge in [0.25, 0.3) is 0 Å². The summed E-state index contributed by atoms with van der Waals surface area (Å²) in [6.45, 7) is 4.77. The fourth-order valence-corrected chi connectivity index (χ4v) is 4.21. The molecule has 0 aromatic heterocycles. The van der Waals surface area contributed by atoms with Crippen LogP contribution in [0.25, 0.3) is 11.1 Å². The highest BCUT2D eigenvalue weighted by molar-refractivity contribution is 5.79. The van der Waals surface area contributed by atoms with Crippen LogP contribution in [0.15, 0.2) is 48.5 Å². The first-order valence-electron chi connectivity index (χ1n) is 10.6. The van der Waals surface area contributed by atoms with Gasteiger partial charge in [-0.25, -0.2) is 0 Å². The summed E-state index contributed by atoms with van der Waals surface area (Å²) in [5.74, 6) is 0.178. The van der Waals surface area contributed by atoms with E-state index < -0.39 is 0 Å². The number of unbranched alkanes of at least 4 members (excludes halogenated alkanes) is 4. The summed E-state index contributed by atoms with van der Waals surface area (Å²) in [4.78, 5) is 12.7. The lowest BCUT2D eigenvalue weighted by Gasteiger charge is -2.18. The van der Waals surface area contributed by atoms with E-state index in [0.29, 0.717) is 6.61 Å². The summed E-state index contributed by atoms with van der Waals surface area (Å²) in [7, 11) is 0. The number of hydrogen-bond donors (Lipinski definition) is 0. The van der Waals surface area contributed by atoms with Crippen molar-refractivity contribution in [3.05, 3.63) is 59.7 Å². The van der Waals surface area contributed by atoms with E-state index >= 15 is 0 Å². The van der Waals surface area contributed by atoms with Gasteiger partial charge in [0.2, 0.25) is 0 Å². The highest BCUT2D eigenvalue weighted by Gasteiger charge is 2.29. The van der Waals surface area contributed by atoms with Gasteiger partial charge in [0, 0.05) is 5.92 Å². The number of rotatable bonds is 10. The Balaban J connectivity index is 1.60. The van der Waals surface area contributed by atoms with Gasteiger partial charge in [-0.2, -0.15) is 0 Å². The standard InChI is InChI=1S/C25H32O2/c1-3-5-6-7-8-13-19(4-2)25(26)27-18-24-22-16-11-9-14-20(22)21-15-10-12-17-23(21)24/h9-12,14-17,19,24H,3-8,13,18H2,1-2H3. The number of esters is 1. The van der Waals surface area contributed by atoms with Crippen molar-refractivity contribution >= 4 is 5.97 Å². The normalized spacial score (nSPS) is 13.9. The van der Waals surface area contributed by atoms with E-state index in [2.05, 4.69) is 62.4 Å². The predicted octanol–water partition coefficient (Wildman–Crippen LogP) is 6.73. The molecule has 0 saturated heterocycles. The Bertz CT molecular complexity index is 704. The Morgan fingerprint density at radius 2 is 1.48 bits per heavy atom. The van der Waals surface area contributed by atoms with Crippen molar-refractivity contribution in [3.8, 4) is 11.1 Å². The number of benzene rings is 2. The minimum atomic E-state index is -0.0187. The number of ether oxygens (including phenoxy) is 1. The quantitative estimate of drug-likeness (QED) is 0.345. The van der Waals surface area contributed by atoms with E-state index in [1.165, 1.54) is 47.9 Å². The van der Waals surface area contributed by atoms with Crippen LogP contribution >= 0.6 is 0 Å². The van der Waals surface area contributed by atoms with E-state index in [1.54, 1.807) is 0 Å².